The number of nitrogens with one attached hydrogen (secondary N) is 1. The summed E-state index contributed by atoms with van der Waals surface area (Å²) in [5.74, 6) is -2.94. The number of carboxylic acids is 1. The number of halogens is 4. The second kappa shape index (κ2) is 7.85. The zero-order chi connectivity index (χ0) is 19.3. The molecule has 0 saturated carbocycles. The second-order valence-corrected chi connectivity index (χ2v) is 5.25. The van der Waals surface area contributed by atoms with E-state index >= 15 is 0 Å². The molecule has 1 amide bonds. The first-order valence-electron chi connectivity index (χ1n) is 7.24. The Labute approximate surface area is 145 Å². The Kier molecular flexibility index (Phi) is 5.81. The molecule has 0 radical (unpaired) electrons. The van der Waals surface area contributed by atoms with Gasteiger partial charge in [0.25, 0.3) is 0 Å². The van der Waals surface area contributed by atoms with Crippen molar-refractivity contribution in [1.29, 1.82) is 0 Å². The smallest absolute Gasteiger partial charge is 0.416 e. The minimum absolute atomic E-state index is 0.171. The summed E-state index contributed by atoms with van der Waals surface area (Å²) in [7, 11) is 0. The van der Waals surface area contributed by atoms with E-state index in [2.05, 4.69) is 0 Å². The van der Waals surface area contributed by atoms with E-state index in [1.54, 1.807) is 30.3 Å². The summed E-state index contributed by atoms with van der Waals surface area (Å²) < 4.78 is 56.6. The fourth-order valence-electron chi connectivity index (χ4n) is 2.11. The number of amides is 1. The monoisotopic (exact) mass is 371 g/mol. The summed E-state index contributed by atoms with van der Waals surface area (Å²) in [6.07, 6.45) is -6.03. The van der Waals surface area contributed by atoms with Crippen LogP contribution in [0.3, 0.4) is 0 Å². The van der Waals surface area contributed by atoms with Gasteiger partial charge >= 0.3 is 18.2 Å². The standard InChI is InChI=1S/C17H13F4NO4/c18-13-7-11(6-12(8-13)17(19,20)21)14(15(23)24)22-16(25)26-9-10-4-2-1-3-5-10/h1-8,14H,9H2,(H,22,25)(H,23,24). The quantitative estimate of drug-likeness (QED) is 0.782. The Morgan fingerprint density at radius 1 is 1.12 bits per heavy atom. The van der Waals surface area contributed by atoms with E-state index in [0.29, 0.717) is 17.7 Å². The van der Waals surface area contributed by atoms with Crippen LogP contribution >= 0.6 is 0 Å². The van der Waals surface area contributed by atoms with Crippen LogP contribution in [0.2, 0.25) is 0 Å². The molecule has 0 bridgehead atoms. The number of alkyl carbamates (subject to hydrolysis) is 1. The van der Waals surface area contributed by atoms with Crippen molar-refractivity contribution in [3.05, 3.63) is 71.0 Å². The number of rotatable bonds is 5. The van der Waals surface area contributed by atoms with Crippen LogP contribution in [0.4, 0.5) is 22.4 Å². The highest BCUT2D eigenvalue weighted by Gasteiger charge is 2.33. The van der Waals surface area contributed by atoms with Gasteiger partial charge in [-0.1, -0.05) is 30.3 Å². The van der Waals surface area contributed by atoms with Crippen molar-refractivity contribution in [3.8, 4) is 0 Å². The van der Waals surface area contributed by atoms with Gasteiger partial charge in [0, 0.05) is 0 Å². The number of carbonyl (C=O) groups excluding carboxylic acids is 1. The largest absolute Gasteiger partial charge is 0.479 e. The molecule has 2 rings (SSSR count). The lowest BCUT2D eigenvalue weighted by molar-refractivity contribution is -0.140. The van der Waals surface area contributed by atoms with Crippen LogP contribution in [-0.4, -0.2) is 17.2 Å². The minimum Gasteiger partial charge on any atom is -0.479 e. The molecule has 0 heterocycles. The van der Waals surface area contributed by atoms with E-state index in [1.807, 2.05) is 5.32 Å². The summed E-state index contributed by atoms with van der Waals surface area (Å²) >= 11 is 0. The molecule has 1 unspecified atom stereocenters. The van der Waals surface area contributed by atoms with Crippen LogP contribution in [0.15, 0.2) is 48.5 Å². The molecule has 2 N–H and O–H groups in total. The number of carbonyl (C=O) groups is 2. The summed E-state index contributed by atoms with van der Waals surface area (Å²) in [6, 6.07) is 7.83. The maximum absolute atomic E-state index is 13.5. The highest BCUT2D eigenvalue weighted by Crippen LogP contribution is 2.31. The van der Waals surface area contributed by atoms with Gasteiger partial charge in [0.05, 0.1) is 5.56 Å². The second-order valence-electron chi connectivity index (χ2n) is 5.25. The lowest BCUT2D eigenvalue weighted by atomic mass is 10.0. The summed E-state index contributed by atoms with van der Waals surface area (Å²) in [6.45, 7) is -0.171. The van der Waals surface area contributed by atoms with Crippen molar-refractivity contribution in [2.24, 2.45) is 0 Å². The highest BCUT2D eigenvalue weighted by molar-refractivity contribution is 5.81. The van der Waals surface area contributed by atoms with Crippen LogP contribution < -0.4 is 5.32 Å². The molecule has 138 valence electrons. The number of benzene rings is 2. The molecule has 0 saturated heterocycles. The molecule has 2 aromatic carbocycles. The number of hydrogen-bond donors (Lipinski definition) is 2. The summed E-state index contributed by atoms with van der Waals surface area (Å²) in [4.78, 5) is 23.1. The van der Waals surface area contributed by atoms with Gasteiger partial charge in [-0.15, -0.1) is 0 Å². The third kappa shape index (κ3) is 5.20. The molecule has 0 aromatic heterocycles. The Balaban J connectivity index is 2.15. The van der Waals surface area contributed by atoms with Gasteiger partial charge in [0.15, 0.2) is 6.04 Å². The van der Waals surface area contributed by atoms with Crippen LogP contribution in [0, 0.1) is 5.82 Å². The molecule has 5 nitrogen and oxygen atoms in total. The number of hydrogen-bond acceptors (Lipinski definition) is 3. The van der Waals surface area contributed by atoms with E-state index < -0.39 is 41.2 Å². The van der Waals surface area contributed by atoms with Crippen molar-refractivity contribution >= 4 is 12.1 Å². The summed E-state index contributed by atoms with van der Waals surface area (Å²) in [5.41, 5.74) is -1.31. The molecule has 0 aliphatic carbocycles. The van der Waals surface area contributed by atoms with E-state index in [0.717, 1.165) is 0 Å². The molecule has 0 aliphatic rings. The molecular weight excluding hydrogens is 358 g/mol. The molecule has 1 atom stereocenters. The zero-order valence-corrected chi connectivity index (χ0v) is 13.1. The molecule has 9 heteroatoms. The van der Waals surface area contributed by atoms with Crippen molar-refractivity contribution in [2.75, 3.05) is 0 Å². The van der Waals surface area contributed by atoms with Crippen LogP contribution in [0.1, 0.15) is 22.7 Å². The van der Waals surface area contributed by atoms with Crippen LogP contribution in [0.5, 0.6) is 0 Å². The van der Waals surface area contributed by atoms with E-state index in [4.69, 9.17) is 4.74 Å². The van der Waals surface area contributed by atoms with Crippen molar-refractivity contribution in [2.45, 2.75) is 18.8 Å². The zero-order valence-electron chi connectivity index (χ0n) is 13.1. The highest BCUT2D eigenvalue weighted by atomic mass is 19.4. The lowest BCUT2D eigenvalue weighted by Gasteiger charge is -2.17. The average molecular weight is 371 g/mol. The number of aliphatic carboxylic acids is 1. The van der Waals surface area contributed by atoms with E-state index in [9.17, 15) is 32.3 Å². The minimum atomic E-state index is -4.87. The fraction of sp³-hybridized carbons (Fsp3) is 0.176. The van der Waals surface area contributed by atoms with Crippen molar-refractivity contribution in [3.63, 3.8) is 0 Å². The number of carboxylic acid groups (broad SMARTS) is 1. The first kappa shape index (κ1) is 19.2. The molecule has 2 aromatic rings. The van der Waals surface area contributed by atoms with Gasteiger partial charge in [0.2, 0.25) is 0 Å². The van der Waals surface area contributed by atoms with Crippen molar-refractivity contribution < 1.29 is 37.0 Å². The first-order valence-corrected chi connectivity index (χ1v) is 7.24. The normalized spacial score (nSPS) is 12.3. The predicted molar refractivity (Wildman–Crippen MR) is 81.5 cm³/mol. The maximum Gasteiger partial charge on any atom is 0.416 e. The molecule has 0 fully saturated rings. The first-order chi connectivity index (χ1) is 12.2. The predicted octanol–water partition coefficient (Wildman–Crippen LogP) is 3.90. The molecular formula is C17H13F4NO4. The lowest BCUT2D eigenvalue weighted by Crippen LogP contribution is -2.34. The molecule has 0 spiro atoms. The number of ether oxygens (including phenoxy) is 1. The SMILES string of the molecule is O=C(NC(C(=O)O)c1cc(F)cc(C(F)(F)F)c1)OCc1ccccc1. The van der Waals surface area contributed by atoms with Gasteiger partial charge in [-0.05, 0) is 29.3 Å². The van der Waals surface area contributed by atoms with Crippen LogP contribution in [-0.2, 0) is 22.3 Å². The Morgan fingerprint density at radius 3 is 2.35 bits per heavy atom. The third-order valence-electron chi connectivity index (χ3n) is 3.30. The van der Waals surface area contributed by atoms with Gasteiger partial charge in [-0.3, -0.25) is 0 Å². The molecule has 26 heavy (non-hydrogen) atoms. The van der Waals surface area contributed by atoms with Crippen molar-refractivity contribution in [1.82, 2.24) is 5.32 Å². The topological polar surface area (TPSA) is 75.6 Å². The average Bonchev–Trinajstić information content (AvgIpc) is 2.57. The van der Waals surface area contributed by atoms with Gasteiger partial charge in [0.1, 0.15) is 12.4 Å². The van der Waals surface area contributed by atoms with E-state index in [-0.39, 0.29) is 12.7 Å². The Morgan fingerprint density at radius 2 is 1.77 bits per heavy atom. The third-order valence-corrected chi connectivity index (χ3v) is 3.30. The van der Waals surface area contributed by atoms with Gasteiger partial charge in [-0.25, -0.2) is 14.0 Å². The van der Waals surface area contributed by atoms with E-state index in [1.165, 1.54) is 0 Å². The maximum atomic E-state index is 13.5. The Hall–Kier alpha value is -3.10. The summed E-state index contributed by atoms with van der Waals surface area (Å²) in [5, 5.41) is 11.1. The fourth-order valence-corrected chi connectivity index (χ4v) is 2.11. The van der Waals surface area contributed by atoms with Gasteiger partial charge in [-0.2, -0.15) is 13.2 Å². The van der Waals surface area contributed by atoms with Crippen LogP contribution in [0.25, 0.3) is 0 Å². The molecule has 0 aliphatic heterocycles. The number of alkyl halides is 3. The van der Waals surface area contributed by atoms with Gasteiger partial charge < -0.3 is 15.2 Å². The Bertz CT molecular complexity index is 793.